The van der Waals surface area contributed by atoms with E-state index in [-0.39, 0.29) is 34.7 Å². The normalized spacial score (nSPS) is 16.6. The van der Waals surface area contributed by atoms with Crippen LogP contribution in [0, 0.1) is 0 Å². The zero-order chi connectivity index (χ0) is 25.8. The predicted octanol–water partition coefficient (Wildman–Crippen LogP) is 4.96. The maximum absolute atomic E-state index is 12.8. The molecule has 35 heavy (non-hydrogen) atoms. The smallest absolute Gasteiger partial charge is 0.410 e. The van der Waals surface area contributed by atoms with Gasteiger partial charge < -0.3 is 19.3 Å². The fourth-order valence-corrected chi connectivity index (χ4v) is 4.35. The lowest BCUT2D eigenvalue weighted by Crippen LogP contribution is -2.43. The van der Waals surface area contributed by atoms with E-state index < -0.39 is 29.6 Å². The first-order valence-corrected chi connectivity index (χ1v) is 12.1. The fraction of sp³-hybridized carbons (Fsp3) is 0.500. The van der Waals surface area contributed by atoms with Gasteiger partial charge in [0.05, 0.1) is 28.3 Å². The van der Waals surface area contributed by atoms with Gasteiger partial charge >= 0.3 is 12.1 Å². The number of benzene rings is 1. The highest BCUT2D eigenvalue weighted by Gasteiger charge is 2.35. The Labute approximate surface area is 214 Å². The monoisotopic (exact) mass is 525 g/mol. The average molecular weight is 526 g/mol. The number of likely N-dealkylation sites (tertiary alicyclic amines) is 1. The lowest BCUT2D eigenvalue weighted by Gasteiger charge is -2.27. The lowest BCUT2D eigenvalue weighted by molar-refractivity contribution is -0.145. The van der Waals surface area contributed by atoms with Gasteiger partial charge in [-0.15, -0.1) is 0 Å². The Morgan fingerprint density at radius 2 is 1.94 bits per heavy atom. The van der Waals surface area contributed by atoms with Crippen LogP contribution in [-0.2, 0) is 20.7 Å². The van der Waals surface area contributed by atoms with Gasteiger partial charge in [0.15, 0.2) is 0 Å². The van der Waals surface area contributed by atoms with E-state index in [1.54, 1.807) is 24.0 Å². The number of hydrogen-bond donors (Lipinski definition) is 1. The van der Waals surface area contributed by atoms with E-state index in [9.17, 15) is 14.4 Å². The standard InChI is InChI=1S/C24H29Cl2N3O6/c1-5-33-22(31)18(27-21(30)20-15(25)8-6-9-16(20)26)13-14-12-17(28-35-14)19-10-7-11-29(19)23(32)34-24(2,3)4/h6,8-9,12,18-19H,5,7,10-11,13H2,1-4H3,(H,27,30)/t18-,19-/m0/s1. The summed E-state index contributed by atoms with van der Waals surface area (Å²) in [7, 11) is 0. The fourth-order valence-electron chi connectivity index (χ4n) is 3.78. The molecule has 2 aromatic rings. The van der Waals surface area contributed by atoms with Gasteiger partial charge in [-0.3, -0.25) is 9.69 Å². The van der Waals surface area contributed by atoms with Crippen molar-refractivity contribution in [3.05, 3.63) is 51.3 Å². The van der Waals surface area contributed by atoms with Gasteiger partial charge in [-0.1, -0.05) is 34.4 Å². The van der Waals surface area contributed by atoms with Gasteiger partial charge in [-0.05, 0) is 52.7 Å². The van der Waals surface area contributed by atoms with E-state index >= 15 is 0 Å². The first-order valence-electron chi connectivity index (χ1n) is 11.4. The van der Waals surface area contributed by atoms with Crippen LogP contribution in [0.1, 0.15) is 68.4 Å². The molecule has 0 spiro atoms. The number of carbonyl (C=O) groups is 3. The summed E-state index contributed by atoms with van der Waals surface area (Å²) in [6.07, 6.45) is 1.07. The summed E-state index contributed by atoms with van der Waals surface area (Å²) < 4.78 is 16.1. The molecule has 1 aliphatic rings. The number of nitrogens with zero attached hydrogens (tertiary/aromatic N) is 2. The Kier molecular flexibility index (Phi) is 8.66. The molecule has 1 aliphatic heterocycles. The van der Waals surface area contributed by atoms with Crippen molar-refractivity contribution < 1.29 is 28.4 Å². The second-order valence-corrected chi connectivity index (χ2v) is 9.94. The Hall–Kier alpha value is -2.78. The quantitative estimate of drug-likeness (QED) is 0.508. The Bertz CT molecular complexity index is 1060. The molecule has 0 bridgehead atoms. The number of esters is 1. The summed E-state index contributed by atoms with van der Waals surface area (Å²) in [5, 5.41) is 7.06. The first-order chi connectivity index (χ1) is 16.5. The van der Waals surface area contributed by atoms with Crippen molar-refractivity contribution in [1.29, 1.82) is 0 Å². The third-order valence-electron chi connectivity index (χ3n) is 5.27. The summed E-state index contributed by atoms with van der Waals surface area (Å²) in [6.45, 7) is 7.77. The largest absolute Gasteiger partial charge is 0.464 e. The third-order valence-corrected chi connectivity index (χ3v) is 5.90. The van der Waals surface area contributed by atoms with Crippen LogP contribution in [0.5, 0.6) is 0 Å². The van der Waals surface area contributed by atoms with Gasteiger partial charge in [0.1, 0.15) is 23.1 Å². The van der Waals surface area contributed by atoms with Crippen LogP contribution in [0.4, 0.5) is 4.79 Å². The van der Waals surface area contributed by atoms with E-state index in [4.69, 9.17) is 37.2 Å². The molecule has 2 atom stereocenters. The molecule has 2 amide bonds. The number of amides is 2. The Morgan fingerprint density at radius 3 is 2.57 bits per heavy atom. The molecule has 3 rings (SSSR count). The number of halogens is 2. The topological polar surface area (TPSA) is 111 Å². The SMILES string of the molecule is CCOC(=O)[C@H](Cc1cc([C@@H]2CCCN2C(=O)OC(C)(C)C)no1)NC(=O)c1c(Cl)cccc1Cl. The third kappa shape index (κ3) is 6.89. The average Bonchev–Trinajstić information content (AvgIpc) is 3.41. The molecule has 0 radical (unpaired) electrons. The second kappa shape index (κ2) is 11.3. The Morgan fingerprint density at radius 1 is 1.26 bits per heavy atom. The summed E-state index contributed by atoms with van der Waals surface area (Å²) in [5.41, 5.74) is -0.0109. The number of hydrogen-bond acceptors (Lipinski definition) is 7. The van der Waals surface area contributed by atoms with Crippen LogP contribution in [0.15, 0.2) is 28.8 Å². The first kappa shape index (κ1) is 26.8. The molecular formula is C24H29Cl2N3O6. The highest BCUT2D eigenvalue weighted by Crippen LogP contribution is 2.33. The lowest BCUT2D eigenvalue weighted by atomic mass is 10.1. The van der Waals surface area contributed by atoms with Gasteiger partial charge in [0.2, 0.25) is 0 Å². The number of rotatable bonds is 7. The van der Waals surface area contributed by atoms with E-state index in [0.29, 0.717) is 24.4 Å². The van der Waals surface area contributed by atoms with Crippen LogP contribution in [0.3, 0.4) is 0 Å². The molecule has 1 aromatic heterocycles. The van der Waals surface area contributed by atoms with Gasteiger partial charge in [-0.25, -0.2) is 9.59 Å². The van der Waals surface area contributed by atoms with Crippen molar-refractivity contribution in [2.45, 2.75) is 64.6 Å². The zero-order valence-electron chi connectivity index (χ0n) is 20.1. The van der Waals surface area contributed by atoms with E-state index in [0.717, 1.165) is 6.42 Å². The number of aromatic nitrogens is 1. The summed E-state index contributed by atoms with van der Waals surface area (Å²) in [4.78, 5) is 39.7. The van der Waals surface area contributed by atoms with Crippen LogP contribution in [0.2, 0.25) is 10.0 Å². The highest BCUT2D eigenvalue weighted by molar-refractivity contribution is 6.39. The maximum Gasteiger partial charge on any atom is 0.410 e. The van der Waals surface area contributed by atoms with Crippen molar-refractivity contribution in [3.63, 3.8) is 0 Å². The minimum Gasteiger partial charge on any atom is -0.464 e. The molecular weight excluding hydrogens is 497 g/mol. The minimum atomic E-state index is -1.07. The molecule has 11 heteroatoms. The van der Waals surface area contributed by atoms with E-state index in [2.05, 4.69) is 10.5 Å². The van der Waals surface area contributed by atoms with Gasteiger partial charge in [-0.2, -0.15) is 0 Å². The predicted molar refractivity (Wildman–Crippen MR) is 129 cm³/mol. The molecule has 1 fully saturated rings. The number of carbonyl (C=O) groups excluding carboxylic acids is 3. The van der Waals surface area contributed by atoms with Crippen molar-refractivity contribution in [1.82, 2.24) is 15.4 Å². The van der Waals surface area contributed by atoms with Gasteiger partial charge in [0.25, 0.3) is 5.91 Å². The van der Waals surface area contributed by atoms with Crippen molar-refractivity contribution in [2.24, 2.45) is 0 Å². The number of nitrogens with one attached hydrogen (secondary N) is 1. The molecule has 1 aromatic carbocycles. The van der Waals surface area contributed by atoms with Crippen LogP contribution < -0.4 is 5.32 Å². The summed E-state index contributed by atoms with van der Waals surface area (Å²) in [5.74, 6) is -0.914. The van der Waals surface area contributed by atoms with Gasteiger partial charge in [0, 0.05) is 19.0 Å². The second-order valence-electron chi connectivity index (χ2n) is 9.13. The van der Waals surface area contributed by atoms with E-state index in [1.807, 2.05) is 20.8 Å². The number of ether oxygens (including phenoxy) is 2. The molecule has 1 saturated heterocycles. The highest BCUT2D eigenvalue weighted by atomic mass is 35.5. The molecule has 0 aliphatic carbocycles. The zero-order valence-corrected chi connectivity index (χ0v) is 21.6. The maximum atomic E-state index is 12.8. The molecule has 2 heterocycles. The van der Waals surface area contributed by atoms with Crippen LogP contribution >= 0.6 is 23.2 Å². The molecule has 0 unspecified atom stereocenters. The summed E-state index contributed by atoms with van der Waals surface area (Å²) >= 11 is 12.3. The van der Waals surface area contributed by atoms with Crippen molar-refractivity contribution in [2.75, 3.05) is 13.2 Å². The Balaban J connectivity index is 1.76. The van der Waals surface area contributed by atoms with E-state index in [1.165, 1.54) is 12.1 Å². The molecule has 190 valence electrons. The van der Waals surface area contributed by atoms with Crippen molar-refractivity contribution in [3.8, 4) is 0 Å². The molecule has 0 saturated carbocycles. The summed E-state index contributed by atoms with van der Waals surface area (Å²) in [6, 6.07) is 4.98. The van der Waals surface area contributed by atoms with Crippen molar-refractivity contribution >= 4 is 41.2 Å². The molecule has 9 nitrogen and oxygen atoms in total. The van der Waals surface area contributed by atoms with Crippen LogP contribution in [-0.4, -0.2) is 52.8 Å². The van der Waals surface area contributed by atoms with Crippen LogP contribution in [0.25, 0.3) is 0 Å². The minimum absolute atomic E-state index is 0.0151. The molecule has 1 N–H and O–H groups in total.